The number of aryl methyl sites for hydroxylation is 1. The number of aliphatic hydroxyl groups is 1. The van der Waals surface area contributed by atoms with E-state index in [4.69, 9.17) is 5.11 Å². The van der Waals surface area contributed by atoms with Crippen molar-refractivity contribution in [1.29, 1.82) is 0 Å². The van der Waals surface area contributed by atoms with Gasteiger partial charge in [-0.3, -0.25) is 4.90 Å². The molecule has 0 aromatic heterocycles. The maximum absolute atomic E-state index is 8.88. The molecule has 3 heteroatoms. The average Bonchev–Trinajstić information content (AvgIpc) is 2.32. The lowest BCUT2D eigenvalue weighted by Crippen LogP contribution is -2.47. The van der Waals surface area contributed by atoms with E-state index in [1.54, 1.807) is 0 Å². The molecule has 1 saturated heterocycles. The number of nitrogens with zero attached hydrogens (tertiary/aromatic N) is 2. The molecule has 0 unspecified atom stereocenters. The van der Waals surface area contributed by atoms with Gasteiger partial charge in [0.2, 0.25) is 0 Å². The zero-order chi connectivity index (χ0) is 11.4. The number of anilines is 1. The number of piperazine rings is 1. The van der Waals surface area contributed by atoms with Crippen molar-refractivity contribution in [3.8, 4) is 0 Å². The van der Waals surface area contributed by atoms with Gasteiger partial charge in [0.05, 0.1) is 6.61 Å². The first kappa shape index (κ1) is 11.4. The second-order valence-electron chi connectivity index (χ2n) is 4.39. The second kappa shape index (κ2) is 5.32. The third-order valence-corrected chi connectivity index (χ3v) is 3.19. The predicted octanol–water partition coefficient (Wildman–Crippen LogP) is 1.11. The van der Waals surface area contributed by atoms with Gasteiger partial charge in [-0.15, -0.1) is 0 Å². The minimum atomic E-state index is 0.268. The van der Waals surface area contributed by atoms with Gasteiger partial charge in [0, 0.05) is 38.4 Å². The molecule has 1 aromatic carbocycles. The Labute approximate surface area is 97.3 Å². The number of rotatable bonds is 3. The van der Waals surface area contributed by atoms with Gasteiger partial charge in [0.15, 0.2) is 0 Å². The number of β-amino-alcohol motifs (C(OH)–C–C–N with tert-alkyl or cyclic N) is 1. The zero-order valence-electron chi connectivity index (χ0n) is 9.89. The maximum Gasteiger partial charge on any atom is 0.0558 e. The standard InChI is InChI=1S/C13H20N2O/c1-12-2-4-13(5-3-12)15-8-6-14(7-9-15)10-11-16/h2-5,16H,6-11H2,1H3. The van der Waals surface area contributed by atoms with Crippen LogP contribution in [-0.2, 0) is 0 Å². The molecule has 0 bridgehead atoms. The minimum Gasteiger partial charge on any atom is -0.395 e. The zero-order valence-corrected chi connectivity index (χ0v) is 9.89. The van der Waals surface area contributed by atoms with Crippen molar-refractivity contribution in [3.05, 3.63) is 29.8 Å². The van der Waals surface area contributed by atoms with E-state index in [9.17, 15) is 0 Å². The third kappa shape index (κ3) is 2.74. The van der Waals surface area contributed by atoms with Crippen LogP contribution in [-0.4, -0.2) is 49.3 Å². The quantitative estimate of drug-likeness (QED) is 0.826. The van der Waals surface area contributed by atoms with E-state index >= 15 is 0 Å². The lowest BCUT2D eigenvalue weighted by molar-refractivity contribution is 0.189. The molecule has 0 spiro atoms. The van der Waals surface area contributed by atoms with Gasteiger partial charge in [-0.1, -0.05) is 17.7 Å². The molecule has 1 aromatic rings. The Balaban J connectivity index is 1.91. The predicted molar refractivity (Wildman–Crippen MR) is 66.9 cm³/mol. The lowest BCUT2D eigenvalue weighted by Gasteiger charge is -2.35. The highest BCUT2D eigenvalue weighted by Crippen LogP contribution is 2.16. The van der Waals surface area contributed by atoms with Gasteiger partial charge in [-0.2, -0.15) is 0 Å². The van der Waals surface area contributed by atoms with E-state index in [2.05, 4.69) is 41.0 Å². The average molecular weight is 220 g/mol. The molecule has 0 radical (unpaired) electrons. The summed E-state index contributed by atoms with van der Waals surface area (Å²) in [4.78, 5) is 4.72. The summed E-state index contributed by atoms with van der Waals surface area (Å²) in [5.41, 5.74) is 2.62. The van der Waals surface area contributed by atoms with Crippen molar-refractivity contribution in [1.82, 2.24) is 4.90 Å². The molecule has 88 valence electrons. The highest BCUT2D eigenvalue weighted by molar-refractivity contribution is 5.47. The van der Waals surface area contributed by atoms with E-state index in [1.807, 2.05) is 0 Å². The van der Waals surface area contributed by atoms with Crippen molar-refractivity contribution in [2.75, 3.05) is 44.2 Å². The molecule has 1 fully saturated rings. The van der Waals surface area contributed by atoms with Gasteiger partial charge in [0.25, 0.3) is 0 Å². The molecule has 1 heterocycles. The van der Waals surface area contributed by atoms with Crippen molar-refractivity contribution >= 4 is 5.69 Å². The number of aliphatic hydroxyl groups excluding tert-OH is 1. The van der Waals surface area contributed by atoms with Crippen molar-refractivity contribution < 1.29 is 5.11 Å². The Kier molecular flexibility index (Phi) is 3.80. The van der Waals surface area contributed by atoms with Crippen LogP contribution in [0.3, 0.4) is 0 Å². The fraction of sp³-hybridized carbons (Fsp3) is 0.538. The monoisotopic (exact) mass is 220 g/mol. The van der Waals surface area contributed by atoms with Crippen molar-refractivity contribution in [3.63, 3.8) is 0 Å². The van der Waals surface area contributed by atoms with E-state index in [0.717, 1.165) is 32.7 Å². The maximum atomic E-state index is 8.88. The van der Waals surface area contributed by atoms with Crippen LogP contribution < -0.4 is 4.90 Å². The summed E-state index contributed by atoms with van der Waals surface area (Å²) in [5, 5.41) is 8.88. The Hall–Kier alpha value is -1.06. The highest BCUT2D eigenvalue weighted by atomic mass is 16.3. The molecule has 1 N–H and O–H groups in total. The highest BCUT2D eigenvalue weighted by Gasteiger charge is 2.16. The Morgan fingerprint density at radius 1 is 1.06 bits per heavy atom. The second-order valence-corrected chi connectivity index (χ2v) is 4.39. The third-order valence-electron chi connectivity index (χ3n) is 3.19. The smallest absolute Gasteiger partial charge is 0.0558 e. The molecule has 0 amide bonds. The summed E-state index contributed by atoms with van der Waals surface area (Å²) in [6, 6.07) is 8.71. The van der Waals surface area contributed by atoms with Gasteiger partial charge in [-0.05, 0) is 19.1 Å². The topological polar surface area (TPSA) is 26.7 Å². The Morgan fingerprint density at radius 2 is 1.69 bits per heavy atom. The van der Waals surface area contributed by atoms with Gasteiger partial charge in [-0.25, -0.2) is 0 Å². The van der Waals surface area contributed by atoms with Crippen LogP contribution in [0.2, 0.25) is 0 Å². The first-order valence-corrected chi connectivity index (χ1v) is 5.94. The normalized spacial score (nSPS) is 17.8. The van der Waals surface area contributed by atoms with E-state index < -0.39 is 0 Å². The largest absolute Gasteiger partial charge is 0.395 e. The van der Waals surface area contributed by atoms with Gasteiger partial charge in [0.1, 0.15) is 0 Å². The molecule has 0 aliphatic carbocycles. The number of benzene rings is 1. The van der Waals surface area contributed by atoms with Crippen LogP contribution in [0.5, 0.6) is 0 Å². The summed E-state index contributed by atoms with van der Waals surface area (Å²) in [6.07, 6.45) is 0. The SMILES string of the molecule is Cc1ccc(N2CCN(CCO)CC2)cc1. The van der Waals surface area contributed by atoms with Crippen molar-refractivity contribution in [2.45, 2.75) is 6.92 Å². The van der Waals surface area contributed by atoms with Crippen LogP contribution in [0, 0.1) is 6.92 Å². The van der Waals surface area contributed by atoms with Crippen LogP contribution in [0.15, 0.2) is 24.3 Å². The molecule has 2 rings (SSSR count). The molecular weight excluding hydrogens is 200 g/mol. The molecule has 1 aliphatic heterocycles. The Morgan fingerprint density at radius 3 is 2.25 bits per heavy atom. The summed E-state index contributed by atoms with van der Waals surface area (Å²) in [6.45, 7) is 7.41. The van der Waals surface area contributed by atoms with Crippen LogP contribution in [0.4, 0.5) is 5.69 Å². The van der Waals surface area contributed by atoms with Crippen LogP contribution >= 0.6 is 0 Å². The molecule has 0 atom stereocenters. The molecule has 1 aliphatic rings. The fourth-order valence-corrected chi connectivity index (χ4v) is 2.13. The summed E-state index contributed by atoms with van der Waals surface area (Å²) < 4.78 is 0. The first-order chi connectivity index (χ1) is 7.79. The number of hydrogen-bond acceptors (Lipinski definition) is 3. The molecule has 16 heavy (non-hydrogen) atoms. The van der Waals surface area contributed by atoms with E-state index in [-0.39, 0.29) is 6.61 Å². The fourth-order valence-electron chi connectivity index (χ4n) is 2.13. The lowest BCUT2D eigenvalue weighted by atomic mass is 10.2. The molecular formula is C13H20N2O. The summed E-state index contributed by atoms with van der Waals surface area (Å²) in [7, 11) is 0. The number of hydrogen-bond donors (Lipinski definition) is 1. The first-order valence-electron chi connectivity index (χ1n) is 5.94. The summed E-state index contributed by atoms with van der Waals surface area (Å²) in [5.74, 6) is 0. The van der Waals surface area contributed by atoms with Crippen LogP contribution in [0.25, 0.3) is 0 Å². The molecule has 3 nitrogen and oxygen atoms in total. The minimum absolute atomic E-state index is 0.268. The Bertz CT molecular complexity index is 315. The van der Waals surface area contributed by atoms with E-state index in [1.165, 1.54) is 11.3 Å². The van der Waals surface area contributed by atoms with Crippen LogP contribution in [0.1, 0.15) is 5.56 Å². The summed E-state index contributed by atoms with van der Waals surface area (Å²) >= 11 is 0. The van der Waals surface area contributed by atoms with Gasteiger partial charge < -0.3 is 10.0 Å². The van der Waals surface area contributed by atoms with E-state index in [0.29, 0.717) is 0 Å². The molecule has 0 saturated carbocycles. The van der Waals surface area contributed by atoms with Gasteiger partial charge >= 0.3 is 0 Å². The van der Waals surface area contributed by atoms with Crippen molar-refractivity contribution in [2.24, 2.45) is 0 Å².